The lowest BCUT2D eigenvalue weighted by Gasteiger charge is -2.43. The van der Waals surface area contributed by atoms with Gasteiger partial charge in [0.1, 0.15) is 11.4 Å². The van der Waals surface area contributed by atoms with Crippen molar-refractivity contribution in [3.05, 3.63) is 125 Å². The summed E-state index contributed by atoms with van der Waals surface area (Å²) in [4.78, 5) is 24.0. The minimum absolute atomic E-state index is 0.191. The standard InChI is InChI=1S/C31H30N4O3/c1-30(35-21-34-27-28(35)32-20-33-29(27)36)19-9-14-26(30)38-31(22-10-5-3-6-11-22,23-12-7-4-8-13-23)24-15-17-25(37-2)18-16-24/h3-8,10-13,15-18,20-21,26H,9,14,19H2,1-2H3,(H,32,33,36)/t26?,30-/m0/s1. The monoisotopic (exact) mass is 506 g/mol. The Labute approximate surface area is 221 Å². The summed E-state index contributed by atoms with van der Waals surface area (Å²) in [6.45, 7) is 2.18. The van der Waals surface area contributed by atoms with Crippen molar-refractivity contribution >= 4 is 11.2 Å². The van der Waals surface area contributed by atoms with E-state index in [4.69, 9.17) is 9.47 Å². The first-order valence-electron chi connectivity index (χ1n) is 12.9. The van der Waals surface area contributed by atoms with Gasteiger partial charge in [0, 0.05) is 0 Å². The number of hydrogen-bond donors (Lipinski definition) is 1. The van der Waals surface area contributed by atoms with Crippen LogP contribution in [0.3, 0.4) is 0 Å². The Hall–Kier alpha value is -4.23. The summed E-state index contributed by atoms with van der Waals surface area (Å²) in [5.74, 6) is 0.788. The molecule has 0 bridgehead atoms. The highest BCUT2D eigenvalue weighted by Crippen LogP contribution is 2.48. The van der Waals surface area contributed by atoms with Gasteiger partial charge in [-0.05, 0) is 55.0 Å². The number of ether oxygens (including phenoxy) is 2. The topological polar surface area (TPSA) is 82.0 Å². The summed E-state index contributed by atoms with van der Waals surface area (Å²) in [5.41, 5.74) is 2.41. The first-order chi connectivity index (χ1) is 18.6. The van der Waals surface area contributed by atoms with E-state index in [1.54, 1.807) is 13.4 Å². The number of hydrogen-bond acceptors (Lipinski definition) is 5. The molecule has 0 radical (unpaired) electrons. The predicted molar refractivity (Wildman–Crippen MR) is 146 cm³/mol. The molecule has 0 saturated heterocycles. The quantitative estimate of drug-likeness (QED) is 0.299. The molecule has 2 aromatic heterocycles. The lowest BCUT2D eigenvalue weighted by atomic mass is 9.79. The molecule has 6 rings (SSSR count). The molecule has 3 aromatic carbocycles. The van der Waals surface area contributed by atoms with Gasteiger partial charge in [-0.25, -0.2) is 9.97 Å². The van der Waals surface area contributed by atoms with Gasteiger partial charge in [0.15, 0.2) is 11.2 Å². The normalized spacial score (nSPS) is 19.6. The van der Waals surface area contributed by atoms with Crippen LogP contribution in [0.4, 0.5) is 0 Å². The number of aromatic amines is 1. The molecule has 1 N–H and O–H groups in total. The maximum atomic E-state index is 12.4. The maximum absolute atomic E-state index is 12.4. The zero-order chi connectivity index (χ0) is 26.2. The zero-order valence-electron chi connectivity index (χ0n) is 21.5. The van der Waals surface area contributed by atoms with Gasteiger partial charge in [0.2, 0.25) is 0 Å². The molecular formula is C31H30N4O3. The van der Waals surface area contributed by atoms with Gasteiger partial charge in [-0.3, -0.25) is 4.79 Å². The number of benzene rings is 3. The van der Waals surface area contributed by atoms with E-state index in [0.717, 1.165) is 41.7 Å². The Bertz CT molecular complexity index is 1560. The van der Waals surface area contributed by atoms with Crippen LogP contribution in [0.25, 0.3) is 11.2 Å². The summed E-state index contributed by atoms with van der Waals surface area (Å²) < 4.78 is 15.0. The Balaban J connectivity index is 1.55. The smallest absolute Gasteiger partial charge is 0.278 e. The van der Waals surface area contributed by atoms with Gasteiger partial charge in [-0.2, -0.15) is 0 Å². The molecule has 2 atom stereocenters. The third-order valence-corrected chi connectivity index (χ3v) is 7.91. The summed E-state index contributed by atoms with van der Waals surface area (Å²) in [7, 11) is 1.67. The Kier molecular flexibility index (Phi) is 6.08. The maximum Gasteiger partial charge on any atom is 0.278 e. The molecule has 7 nitrogen and oxygen atoms in total. The number of H-pyrrole nitrogens is 1. The Morgan fingerprint density at radius 1 is 0.921 bits per heavy atom. The molecular weight excluding hydrogens is 476 g/mol. The number of nitrogens with one attached hydrogen (secondary N) is 1. The molecule has 0 amide bonds. The molecule has 5 aromatic rings. The SMILES string of the molecule is COc1ccc(C(OC2CCC[C@]2(C)n2cnc3c(=O)[nH]cnc32)(c2ccccc2)c2ccccc2)cc1. The first-order valence-corrected chi connectivity index (χ1v) is 12.9. The molecule has 1 aliphatic rings. The van der Waals surface area contributed by atoms with Crippen molar-refractivity contribution in [2.24, 2.45) is 0 Å². The molecule has 192 valence electrons. The minimum Gasteiger partial charge on any atom is -0.497 e. The van der Waals surface area contributed by atoms with Crippen LogP contribution in [-0.2, 0) is 15.9 Å². The minimum atomic E-state index is -0.883. The highest BCUT2D eigenvalue weighted by molar-refractivity contribution is 5.69. The van der Waals surface area contributed by atoms with E-state index in [-0.39, 0.29) is 11.7 Å². The highest BCUT2D eigenvalue weighted by atomic mass is 16.5. The second-order valence-electron chi connectivity index (χ2n) is 10.0. The van der Waals surface area contributed by atoms with Crippen LogP contribution in [0.15, 0.2) is 102 Å². The predicted octanol–water partition coefficient (Wildman–Crippen LogP) is 5.40. The van der Waals surface area contributed by atoms with Crippen LogP contribution in [0.5, 0.6) is 5.75 Å². The van der Waals surface area contributed by atoms with E-state index in [1.807, 2.05) is 53.1 Å². The molecule has 1 saturated carbocycles. The van der Waals surface area contributed by atoms with E-state index in [2.05, 4.69) is 58.3 Å². The molecule has 1 aliphatic carbocycles. The van der Waals surface area contributed by atoms with Crippen LogP contribution in [-0.4, -0.2) is 32.7 Å². The van der Waals surface area contributed by atoms with E-state index in [9.17, 15) is 4.79 Å². The molecule has 1 unspecified atom stereocenters. The van der Waals surface area contributed by atoms with Gasteiger partial charge in [0.05, 0.1) is 31.4 Å². The first kappa shape index (κ1) is 24.1. The molecule has 1 fully saturated rings. The number of methoxy groups -OCH3 is 1. The average molecular weight is 507 g/mol. The summed E-state index contributed by atoms with van der Waals surface area (Å²) in [6.07, 6.45) is 5.69. The number of aromatic nitrogens is 4. The van der Waals surface area contributed by atoms with Crippen LogP contribution in [0, 0.1) is 0 Å². The molecule has 0 aliphatic heterocycles. The average Bonchev–Trinajstić information content (AvgIpc) is 3.58. The van der Waals surface area contributed by atoms with E-state index in [1.165, 1.54) is 6.33 Å². The van der Waals surface area contributed by atoms with Crippen LogP contribution in [0.1, 0.15) is 42.9 Å². The lowest BCUT2D eigenvalue weighted by molar-refractivity contribution is -0.0857. The van der Waals surface area contributed by atoms with Crippen molar-refractivity contribution in [3.8, 4) is 5.75 Å². The fourth-order valence-corrected chi connectivity index (χ4v) is 5.89. The van der Waals surface area contributed by atoms with Crippen LogP contribution >= 0.6 is 0 Å². The fourth-order valence-electron chi connectivity index (χ4n) is 5.89. The number of nitrogens with zero attached hydrogens (tertiary/aromatic N) is 3. The van der Waals surface area contributed by atoms with Crippen molar-refractivity contribution in [1.29, 1.82) is 0 Å². The molecule has 7 heteroatoms. The second-order valence-corrected chi connectivity index (χ2v) is 10.0. The van der Waals surface area contributed by atoms with Gasteiger partial charge >= 0.3 is 0 Å². The van der Waals surface area contributed by atoms with Gasteiger partial charge in [-0.15, -0.1) is 0 Å². The van der Waals surface area contributed by atoms with E-state index >= 15 is 0 Å². The molecule has 0 spiro atoms. The largest absolute Gasteiger partial charge is 0.497 e. The third kappa shape index (κ3) is 3.82. The number of imidazole rings is 1. The third-order valence-electron chi connectivity index (χ3n) is 7.91. The fraction of sp³-hybridized carbons (Fsp3) is 0.258. The van der Waals surface area contributed by atoms with E-state index in [0.29, 0.717) is 11.2 Å². The van der Waals surface area contributed by atoms with Gasteiger partial charge in [-0.1, -0.05) is 72.8 Å². The van der Waals surface area contributed by atoms with Crippen molar-refractivity contribution in [3.63, 3.8) is 0 Å². The zero-order valence-corrected chi connectivity index (χ0v) is 21.5. The van der Waals surface area contributed by atoms with Crippen molar-refractivity contribution in [2.45, 2.75) is 43.4 Å². The summed E-state index contributed by atoms with van der Waals surface area (Å²) >= 11 is 0. The van der Waals surface area contributed by atoms with Gasteiger partial charge in [0.25, 0.3) is 5.56 Å². The number of rotatable bonds is 7. The van der Waals surface area contributed by atoms with Crippen molar-refractivity contribution < 1.29 is 9.47 Å². The van der Waals surface area contributed by atoms with Crippen molar-refractivity contribution in [1.82, 2.24) is 19.5 Å². The van der Waals surface area contributed by atoms with Crippen LogP contribution < -0.4 is 10.3 Å². The molecule has 2 heterocycles. The summed E-state index contributed by atoms with van der Waals surface area (Å²) in [5, 5.41) is 0. The van der Waals surface area contributed by atoms with E-state index < -0.39 is 11.1 Å². The van der Waals surface area contributed by atoms with Gasteiger partial charge < -0.3 is 19.0 Å². The lowest BCUT2D eigenvalue weighted by Crippen LogP contribution is -2.46. The second kappa shape index (κ2) is 9.58. The molecule has 38 heavy (non-hydrogen) atoms. The Morgan fingerprint density at radius 3 is 2.18 bits per heavy atom. The van der Waals surface area contributed by atoms with Crippen LogP contribution in [0.2, 0.25) is 0 Å². The Morgan fingerprint density at radius 2 is 1.55 bits per heavy atom. The highest BCUT2D eigenvalue weighted by Gasteiger charge is 2.49. The summed E-state index contributed by atoms with van der Waals surface area (Å²) in [6, 6.07) is 28.9. The number of fused-ring (bicyclic) bond motifs is 1. The van der Waals surface area contributed by atoms with Crippen molar-refractivity contribution in [2.75, 3.05) is 7.11 Å².